The molecule has 4 heterocycles. The van der Waals surface area contributed by atoms with Crippen molar-refractivity contribution in [3.8, 4) is 11.4 Å². The normalized spacial score (nSPS) is 19.6. The molecule has 4 rings (SSSR count). The number of anilines is 1. The van der Waals surface area contributed by atoms with Crippen molar-refractivity contribution in [3.63, 3.8) is 0 Å². The van der Waals surface area contributed by atoms with Crippen molar-refractivity contribution in [2.24, 2.45) is 13.0 Å². The summed E-state index contributed by atoms with van der Waals surface area (Å²) in [7, 11) is 1.93. The lowest BCUT2D eigenvalue weighted by Crippen LogP contribution is -2.18. The third-order valence-electron chi connectivity index (χ3n) is 4.59. The zero-order valence-corrected chi connectivity index (χ0v) is 15.0. The topological polar surface area (TPSA) is 77.8 Å². The molecule has 0 aliphatic carbocycles. The van der Waals surface area contributed by atoms with Gasteiger partial charge in [-0.05, 0) is 25.5 Å². The van der Waals surface area contributed by atoms with Crippen molar-refractivity contribution in [1.82, 2.24) is 24.7 Å². The summed E-state index contributed by atoms with van der Waals surface area (Å²) in [5.41, 5.74) is 2.97. The van der Waals surface area contributed by atoms with Crippen LogP contribution < -0.4 is 5.32 Å². The lowest BCUT2D eigenvalue weighted by molar-refractivity contribution is 0.0932. The van der Waals surface area contributed by atoms with Crippen LogP contribution in [0.2, 0.25) is 0 Å². The molecule has 26 heavy (non-hydrogen) atoms. The van der Waals surface area contributed by atoms with Gasteiger partial charge in [0.25, 0.3) is 0 Å². The quantitative estimate of drug-likeness (QED) is 0.762. The molecule has 1 aliphatic heterocycles. The molecule has 3 aromatic rings. The summed E-state index contributed by atoms with van der Waals surface area (Å²) in [4.78, 5) is 13.3. The summed E-state index contributed by atoms with van der Waals surface area (Å²) in [5.74, 6) is 1.90. The van der Waals surface area contributed by atoms with Gasteiger partial charge in [-0.1, -0.05) is 0 Å². The molecule has 3 aromatic heterocycles. The van der Waals surface area contributed by atoms with E-state index < -0.39 is 0 Å². The molecule has 0 bridgehead atoms. The summed E-state index contributed by atoms with van der Waals surface area (Å²) in [6.45, 7) is 3.54. The third-order valence-corrected chi connectivity index (χ3v) is 4.59. The van der Waals surface area contributed by atoms with Gasteiger partial charge >= 0.3 is 0 Å². The Kier molecular flexibility index (Phi) is 4.62. The van der Waals surface area contributed by atoms with Gasteiger partial charge in [0.2, 0.25) is 0 Å². The fourth-order valence-electron chi connectivity index (χ4n) is 3.32. The fraction of sp³-hybridized carbons (Fsp3) is 0.368. The smallest absolute Gasteiger partial charge is 0.163 e. The van der Waals surface area contributed by atoms with Crippen molar-refractivity contribution >= 4 is 5.82 Å². The number of pyridine rings is 1. The Morgan fingerprint density at radius 2 is 2.23 bits per heavy atom. The Labute approximate surface area is 152 Å². The number of hydrogen-bond acceptors (Lipinski definition) is 6. The van der Waals surface area contributed by atoms with Gasteiger partial charge in [0.05, 0.1) is 12.3 Å². The first kappa shape index (κ1) is 16.7. The highest BCUT2D eigenvalue weighted by Gasteiger charge is 2.30. The molecule has 1 aliphatic rings. The van der Waals surface area contributed by atoms with Crippen LogP contribution in [0, 0.1) is 12.8 Å². The second kappa shape index (κ2) is 7.21. The number of nitrogens with one attached hydrogen (secondary N) is 1. The number of hydrogen-bond donors (Lipinski definition) is 1. The first-order valence-electron chi connectivity index (χ1n) is 8.79. The van der Waals surface area contributed by atoms with Gasteiger partial charge in [-0.15, -0.1) is 0 Å². The van der Waals surface area contributed by atoms with E-state index in [-0.39, 0.29) is 6.10 Å². The van der Waals surface area contributed by atoms with Crippen LogP contribution in [0.25, 0.3) is 11.4 Å². The summed E-state index contributed by atoms with van der Waals surface area (Å²) >= 11 is 0. The standard InChI is InChI=1S/C19H22N6O/c1-13-8-17(24-19(23-13)15-4-3-6-20-9-15)21-10-14-5-7-26-18(14)16-11-22-25(2)12-16/h3-4,6,8-9,11-12,14,18H,5,7,10H2,1-2H3,(H,21,23,24)/t14-,18+/m0/s1. The van der Waals surface area contributed by atoms with E-state index in [0.717, 1.165) is 42.2 Å². The van der Waals surface area contributed by atoms with Crippen molar-refractivity contribution in [2.75, 3.05) is 18.5 Å². The molecule has 2 atom stereocenters. The van der Waals surface area contributed by atoms with Crippen molar-refractivity contribution in [1.29, 1.82) is 0 Å². The molecule has 0 radical (unpaired) electrons. The second-order valence-electron chi connectivity index (χ2n) is 6.63. The van der Waals surface area contributed by atoms with E-state index in [1.54, 1.807) is 12.4 Å². The SMILES string of the molecule is Cc1cc(NC[C@@H]2CCO[C@H]2c2cnn(C)c2)nc(-c2cccnc2)n1. The number of aryl methyl sites for hydroxylation is 2. The number of rotatable bonds is 5. The highest BCUT2D eigenvalue weighted by atomic mass is 16.5. The van der Waals surface area contributed by atoms with Crippen LogP contribution in [0.15, 0.2) is 43.0 Å². The monoisotopic (exact) mass is 350 g/mol. The molecule has 7 heteroatoms. The number of ether oxygens (including phenoxy) is 1. The summed E-state index contributed by atoms with van der Waals surface area (Å²) < 4.78 is 7.75. The minimum absolute atomic E-state index is 0.0805. The molecule has 0 amide bonds. The van der Waals surface area contributed by atoms with Crippen LogP contribution in [0.1, 0.15) is 23.8 Å². The average molecular weight is 350 g/mol. The van der Waals surface area contributed by atoms with E-state index in [2.05, 4.69) is 25.4 Å². The van der Waals surface area contributed by atoms with Gasteiger partial charge in [0, 0.05) is 67.6 Å². The van der Waals surface area contributed by atoms with E-state index in [4.69, 9.17) is 4.74 Å². The van der Waals surface area contributed by atoms with Gasteiger partial charge in [-0.25, -0.2) is 9.97 Å². The van der Waals surface area contributed by atoms with Crippen molar-refractivity contribution in [3.05, 3.63) is 54.2 Å². The average Bonchev–Trinajstić information content (AvgIpc) is 3.29. The molecule has 1 N–H and O–H groups in total. The summed E-state index contributed by atoms with van der Waals surface area (Å²) in [6.07, 6.45) is 8.54. The first-order chi connectivity index (χ1) is 12.7. The second-order valence-corrected chi connectivity index (χ2v) is 6.63. The Morgan fingerprint density at radius 3 is 3.00 bits per heavy atom. The molecule has 0 aromatic carbocycles. The van der Waals surface area contributed by atoms with Crippen LogP contribution >= 0.6 is 0 Å². The molecular weight excluding hydrogens is 328 g/mol. The minimum atomic E-state index is 0.0805. The Balaban J connectivity index is 1.48. The van der Waals surface area contributed by atoms with E-state index in [1.807, 2.05) is 49.2 Å². The van der Waals surface area contributed by atoms with Crippen molar-refractivity contribution in [2.45, 2.75) is 19.4 Å². The number of aromatic nitrogens is 5. The van der Waals surface area contributed by atoms with Gasteiger partial charge in [0.15, 0.2) is 5.82 Å². The molecule has 1 fully saturated rings. The minimum Gasteiger partial charge on any atom is -0.373 e. The molecule has 0 saturated carbocycles. The zero-order chi connectivity index (χ0) is 17.9. The van der Waals surface area contributed by atoms with E-state index in [1.165, 1.54) is 0 Å². The molecule has 1 saturated heterocycles. The third kappa shape index (κ3) is 3.57. The van der Waals surface area contributed by atoms with Crippen LogP contribution in [0.3, 0.4) is 0 Å². The maximum absolute atomic E-state index is 5.94. The molecular formula is C19H22N6O. The van der Waals surface area contributed by atoms with Gasteiger partial charge < -0.3 is 10.1 Å². The Morgan fingerprint density at radius 1 is 1.31 bits per heavy atom. The summed E-state index contributed by atoms with van der Waals surface area (Å²) in [6, 6.07) is 5.83. The van der Waals surface area contributed by atoms with Gasteiger partial charge in [0.1, 0.15) is 5.82 Å². The zero-order valence-electron chi connectivity index (χ0n) is 15.0. The largest absolute Gasteiger partial charge is 0.373 e. The molecule has 134 valence electrons. The maximum Gasteiger partial charge on any atom is 0.163 e. The molecule has 0 spiro atoms. The van der Waals surface area contributed by atoms with E-state index in [0.29, 0.717) is 11.7 Å². The van der Waals surface area contributed by atoms with Crippen molar-refractivity contribution < 1.29 is 4.74 Å². The van der Waals surface area contributed by atoms with E-state index in [9.17, 15) is 0 Å². The van der Waals surface area contributed by atoms with Crippen LogP contribution in [-0.4, -0.2) is 37.9 Å². The predicted molar refractivity (Wildman–Crippen MR) is 98.5 cm³/mol. The van der Waals surface area contributed by atoms with Gasteiger partial charge in [-0.2, -0.15) is 5.10 Å². The first-order valence-corrected chi connectivity index (χ1v) is 8.79. The van der Waals surface area contributed by atoms with Gasteiger partial charge in [-0.3, -0.25) is 9.67 Å². The Hall–Kier alpha value is -2.80. The highest BCUT2D eigenvalue weighted by molar-refractivity contribution is 5.56. The van der Waals surface area contributed by atoms with Crippen LogP contribution in [0.4, 0.5) is 5.82 Å². The van der Waals surface area contributed by atoms with Crippen LogP contribution in [0.5, 0.6) is 0 Å². The lowest BCUT2D eigenvalue weighted by atomic mass is 9.97. The fourth-order valence-corrected chi connectivity index (χ4v) is 3.32. The number of nitrogens with zero attached hydrogens (tertiary/aromatic N) is 5. The lowest BCUT2D eigenvalue weighted by Gasteiger charge is -2.18. The highest BCUT2D eigenvalue weighted by Crippen LogP contribution is 2.34. The maximum atomic E-state index is 5.94. The van der Waals surface area contributed by atoms with E-state index >= 15 is 0 Å². The summed E-state index contributed by atoms with van der Waals surface area (Å²) in [5, 5.41) is 7.73. The molecule has 7 nitrogen and oxygen atoms in total. The van der Waals surface area contributed by atoms with Crippen LogP contribution in [-0.2, 0) is 11.8 Å². The Bertz CT molecular complexity index is 879. The predicted octanol–water partition coefficient (Wildman–Crippen LogP) is 2.77. The molecule has 0 unspecified atom stereocenters.